The Kier molecular flexibility index (Phi) is 2.84. The van der Waals surface area contributed by atoms with Gasteiger partial charge >= 0.3 is 0 Å². The average Bonchev–Trinajstić information content (AvgIpc) is 2.70. The Morgan fingerprint density at radius 3 is 3.24 bits per heavy atom. The minimum Gasteiger partial charge on any atom is -0.352 e. The summed E-state index contributed by atoms with van der Waals surface area (Å²) in [7, 11) is 0. The van der Waals surface area contributed by atoms with E-state index in [-0.39, 0.29) is 0 Å². The number of hydrogen-bond donors (Lipinski definition) is 0. The van der Waals surface area contributed by atoms with Crippen molar-refractivity contribution < 1.29 is 0 Å². The van der Waals surface area contributed by atoms with Crippen molar-refractivity contribution in [2.45, 2.75) is 19.4 Å². The molecule has 7 heteroatoms. The van der Waals surface area contributed by atoms with E-state index in [1.165, 1.54) is 16.8 Å². The average molecular weight is 250 g/mol. The maximum absolute atomic E-state index is 4.45. The molecule has 3 rings (SSSR count). The highest BCUT2D eigenvalue weighted by Gasteiger charge is 2.19. The van der Waals surface area contributed by atoms with E-state index in [4.69, 9.17) is 0 Å². The molecule has 0 aromatic carbocycles. The summed E-state index contributed by atoms with van der Waals surface area (Å²) in [6.45, 7) is 3.28. The summed E-state index contributed by atoms with van der Waals surface area (Å²) >= 11 is 2.01. The maximum Gasteiger partial charge on any atom is 0.200 e. The molecule has 2 aromatic heterocycles. The topological polar surface area (TPSA) is 59.2 Å². The zero-order chi connectivity index (χ0) is 11.7. The Bertz CT molecular complexity index is 512. The lowest BCUT2D eigenvalue weighted by atomic mass is 10.2. The van der Waals surface area contributed by atoms with Gasteiger partial charge in [0, 0.05) is 18.3 Å². The van der Waals surface area contributed by atoms with Gasteiger partial charge in [0.2, 0.25) is 0 Å². The monoisotopic (exact) mass is 250 g/mol. The number of tetrazole rings is 1. The van der Waals surface area contributed by atoms with Gasteiger partial charge in [0.1, 0.15) is 0 Å². The standard InChI is InChI=1S/C10H14N6S/c1-8-4-6-17-7-5-15(8)10-3-2-9-11-13-14-16(9)12-10/h2-3,8H,4-7H2,1H3. The predicted octanol–water partition coefficient (Wildman–Crippen LogP) is 0.851. The third-order valence-electron chi connectivity index (χ3n) is 3.04. The van der Waals surface area contributed by atoms with E-state index < -0.39 is 0 Å². The van der Waals surface area contributed by atoms with Gasteiger partial charge in [-0.15, -0.1) is 14.8 Å². The smallest absolute Gasteiger partial charge is 0.200 e. The molecule has 0 radical (unpaired) electrons. The molecule has 1 aliphatic rings. The molecule has 90 valence electrons. The van der Waals surface area contributed by atoms with Crippen molar-refractivity contribution in [1.29, 1.82) is 0 Å². The van der Waals surface area contributed by atoms with Gasteiger partial charge in [-0.05, 0) is 41.7 Å². The van der Waals surface area contributed by atoms with E-state index >= 15 is 0 Å². The van der Waals surface area contributed by atoms with Gasteiger partial charge in [-0.25, -0.2) is 0 Å². The molecule has 0 N–H and O–H groups in total. The van der Waals surface area contributed by atoms with Crippen molar-refractivity contribution in [3.63, 3.8) is 0 Å². The van der Waals surface area contributed by atoms with Crippen LogP contribution in [0.4, 0.5) is 5.82 Å². The van der Waals surface area contributed by atoms with Crippen LogP contribution in [-0.4, -0.2) is 49.3 Å². The molecule has 1 aliphatic heterocycles. The van der Waals surface area contributed by atoms with E-state index in [1.807, 2.05) is 23.9 Å². The third kappa shape index (κ3) is 2.06. The second-order valence-corrected chi connectivity index (χ2v) is 5.39. The van der Waals surface area contributed by atoms with Crippen molar-refractivity contribution >= 4 is 23.2 Å². The number of anilines is 1. The van der Waals surface area contributed by atoms with Crippen LogP contribution >= 0.6 is 11.8 Å². The zero-order valence-corrected chi connectivity index (χ0v) is 10.5. The number of fused-ring (bicyclic) bond motifs is 1. The Labute approximate surface area is 103 Å². The lowest BCUT2D eigenvalue weighted by Crippen LogP contribution is -2.34. The lowest BCUT2D eigenvalue weighted by Gasteiger charge is -2.27. The largest absolute Gasteiger partial charge is 0.352 e. The fourth-order valence-electron chi connectivity index (χ4n) is 2.03. The Morgan fingerprint density at radius 1 is 1.35 bits per heavy atom. The number of nitrogens with zero attached hydrogens (tertiary/aromatic N) is 6. The lowest BCUT2D eigenvalue weighted by molar-refractivity contribution is 0.622. The van der Waals surface area contributed by atoms with Gasteiger partial charge in [-0.3, -0.25) is 0 Å². The summed E-state index contributed by atoms with van der Waals surface area (Å²) in [6, 6.07) is 4.43. The zero-order valence-electron chi connectivity index (χ0n) is 9.65. The summed E-state index contributed by atoms with van der Waals surface area (Å²) in [4.78, 5) is 2.33. The molecule has 1 fully saturated rings. The van der Waals surface area contributed by atoms with E-state index in [0.29, 0.717) is 11.7 Å². The molecule has 1 atom stereocenters. The minimum atomic E-state index is 0.520. The molecule has 6 nitrogen and oxygen atoms in total. The number of aromatic nitrogens is 5. The Morgan fingerprint density at radius 2 is 2.29 bits per heavy atom. The van der Waals surface area contributed by atoms with Crippen molar-refractivity contribution in [3.05, 3.63) is 12.1 Å². The summed E-state index contributed by atoms with van der Waals surface area (Å²) in [6.07, 6.45) is 1.19. The highest BCUT2D eigenvalue weighted by Crippen LogP contribution is 2.21. The molecule has 2 aromatic rings. The van der Waals surface area contributed by atoms with Crippen LogP contribution in [0.5, 0.6) is 0 Å². The second-order valence-electron chi connectivity index (χ2n) is 4.16. The van der Waals surface area contributed by atoms with Crippen LogP contribution in [-0.2, 0) is 0 Å². The van der Waals surface area contributed by atoms with Gasteiger partial charge in [0.15, 0.2) is 11.5 Å². The molecular weight excluding hydrogens is 236 g/mol. The fourth-order valence-corrected chi connectivity index (χ4v) is 3.07. The van der Waals surface area contributed by atoms with Gasteiger partial charge in [0.05, 0.1) is 0 Å². The molecule has 1 unspecified atom stereocenters. The third-order valence-corrected chi connectivity index (χ3v) is 4.03. The summed E-state index contributed by atoms with van der Waals surface area (Å²) < 4.78 is 1.49. The Balaban J connectivity index is 1.95. The van der Waals surface area contributed by atoms with Gasteiger partial charge in [0.25, 0.3) is 0 Å². The molecule has 3 heterocycles. The molecular formula is C10H14N6S. The molecule has 17 heavy (non-hydrogen) atoms. The van der Waals surface area contributed by atoms with E-state index in [9.17, 15) is 0 Å². The van der Waals surface area contributed by atoms with Crippen molar-refractivity contribution in [2.24, 2.45) is 0 Å². The van der Waals surface area contributed by atoms with Crippen LogP contribution in [0.15, 0.2) is 12.1 Å². The molecule has 0 amide bonds. The first-order chi connectivity index (χ1) is 8.34. The predicted molar refractivity (Wildman–Crippen MR) is 67.3 cm³/mol. The SMILES string of the molecule is CC1CCSCCN1c1ccc2nnnn2n1. The van der Waals surface area contributed by atoms with Crippen molar-refractivity contribution in [1.82, 2.24) is 25.3 Å². The molecule has 0 saturated carbocycles. The van der Waals surface area contributed by atoms with Crippen LogP contribution in [0.25, 0.3) is 5.65 Å². The van der Waals surface area contributed by atoms with Crippen LogP contribution in [0, 0.1) is 0 Å². The van der Waals surface area contributed by atoms with Gasteiger partial charge in [-0.1, -0.05) is 0 Å². The maximum atomic E-state index is 4.45. The number of rotatable bonds is 1. The van der Waals surface area contributed by atoms with Gasteiger partial charge < -0.3 is 4.90 Å². The molecule has 0 aliphatic carbocycles. The second kappa shape index (κ2) is 4.48. The van der Waals surface area contributed by atoms with E-state index in [0.717, 1.165) is 18.1 Å². The van der Waals surface area contributed by atoms with E-state index in [2.05, 4.69) is 32.4 Å². The molecule has 1 saturated heterocycles. The van der Waals surface area contributed by atoms with Crippen molar-refractivity contribution in [3.8, 4) is 0 Å². The van der Waals surface area contributed by atoms with E-state index in [1.54, 1.807) is 0 Å². The molecule has 0 bridgehead atoms. The van der Waals surface area contributed by atoms with Crippen LogP contribution in [0.2, 0.25) is 0 Å². The first kappa shape index (κ1) is 10.8. The number of hydrogen-bond acceptors (Lipinski definition) is 6. The van der Waals surface area contributed by atoms with Crippen LogP contribution in [0.1, 0.15) is 13.3 Å². The highest BCUT2D eigenvalue weighted by atomic mass is 32.2. The fraction of sp³-hybridized carbons (Fsp3) is 0.600. The van der Waals surface area contributed by atoms with Crippen molar-refractivity contribution in [2.75, 3.05) is 23.0 Å². The van der Waals surface area contributed by atoms with Crippen LogP contribution in [0.3, 0.4) is 0 Å². The normalized spacial score (nSPS) is 21.7. The minimum absolute atomic E-state index is 0.520. The summed E-state index contributed by atoms with van der Waals surface area (Å²) in [5.41, 5.74) is 0.686. The first-order valence-electron chi connectivity index (χ1n) is 5.74. The summed E-state index contributed by atoms with van der Waals surface area (Å²) in [5.74, 6) is 3.34. The van der Waals surface area contributed by atoms with Gasteiger partial charge in [-0.2, -0.15) is 11.8 Å². The quantitative estimate of drug-likeness (QED) is 0.748. The van der Waals surface area contributed by atoms with Crippen LogP contribution < -0.4 is 4.90 Å². The highest BCUT2D eigenvalue weighted by molar-refractivity contribution is 7.99. The number of thioether (sulfide) groups is 1. The first-order valence-corrected chi connectivity index (χ1v) is 6.90. The molecule has 0 spiro atoms. The summed E-state index contributed by atoms with van der Waals surface area (Å²) in [5, 5.41) is 15.7. The Hall–Kier alpha value is -1.37.